The number of nitrogens with one attached hydrogen (secondary N) is 2. The van der Waals surface area contributed by atoms with Crippen LogP contribution in [0.5, 0.6) is 0 Å². The van der Waals surface area contributed by atoms with E-state index < -0.39 is 42.2 Å². The van der Waals surface area contributed by atoms with Gasteiger partial charge in [-0.2, -0.15) is 0 Å². The van der Waals surface area contributed by atoms with Crippen molar-refractivity contribution in [2.75, 3.05) is 30.3 Å². The Morgan fingerprint density at radius 1 is 1.05 bits per heavy atom. The van der Waals surface area contributed by atoms with Gasteiger partial charge in [0.1, 0.15) is 12.4 Å². The fourth-order valence-electron chi connectivity index (χ4n) is 3.67. The number of amides is 2. The molecule has 0 spiro atoms. The molecule has 0 atom stereocenters. The molecule has 0 saturated heterocycles. The minimum Gasteiger partial charge on any atom is -0.454 e. The Bertz CT molecular complexity index is 1410. The Labute approximate surface area is 219 Å². The second kappa shape index (κ2) is 12.5. The highest BCUT2D eigenvalue weighted by atomic mass is 16.5. The standard InChI is InChI=1S/C27H31N5O6/c1-17(2)14-31(21(33)16-38-22(34)13-29-25(35)20-11-9-18(3)10-12-20)23-24(28)32(27(37)30-26(23)36)15-19-7-5-4-6-8-19/h4-12,17H,13-16,28H2,1-3H3,(H,29,35)(H,30,36,37). The molecule has 0 aliphatic heterocycles. The SMILES string of the molecule is Cc1ccc(C(=O)NCC(=O)OCC(=O)N(CC(C)C)c2c(N)n(Cc3ccccc3)c(=O)[nH]c2=O)cc1. The second-order valence-corrected chi connectivity index (χ2v) is 9.17. The topological polar surface area (TPSA) is 157 Å². The van der Waals surface area contributed by atoms with Crippen LogP contribution in [-0.2, 0) is 20.9 Å². The van der Waals surface area contributed by atoms with Crippen LogP contribution >= 0.6 is 0 Å². The molecule has 2 amide bonds. The molecule has 0 aliphatic carbocycles. The highest BCUT2D eigenvalue weighted by Gasteiger charge is 2.26. The lowest BCUT2D eigenvalue weighted by atomic mass is 10.1. The van der Waals surface area contributed by atoms with Crippen molar-refractivity contribution in [3.8, 4) is 0 Å². The highest BCUT2D eigenvalue weighted by molar-refractivity contribution is 5.98. The molecular formula is C27H31N5O6. The molecule has 38 heavy (non-hydrogen) atoms. The molecule has 11 heteroatoms. The predicted molar refractivity (Wildman–Crippen MR) is 143 cm³/mol. The summed E-state index contributed by atoms with van der Waals surface area (Å²) in [5.74, 6) is -2.28. The number of benzene rings is 2. The van der Waals surface area contributed by atoms with Crippen molar-refractivity contribution >= 4 is 29.3 Å². The number of aryl methyl sites for hydroxylation is 1. The summed E-state index contributed by atoms with van der Waals surface area (Å²) in [7, 11) is 0. The van der Waals surface area contributed by atoms with Gasteiger partial charge in [-0.25, -0.2) is 4.79 Å². The quantitative estimate of drug-likeness (QED) is 0.341. The number of anilines is 2. The van der Waals surface area contributed by atoms with Gasteiger partial charge < -0.3 is 20.7 Å². The van der Waals surface area contributed by atoms with Crippen molar-refractivity contribution in [1.82, 2.24) is 14.9 Å². The molecular weight excluding hydrogens is 490 g/mol. The van der Waals surface area contributed by atoms with E-state index in [0.717, 1.165) is 16.0 Å². The van der Waals surface area contributed by atoms with E-state index >= 15 is 0 Å². The summed E-state index contributed by atoms with van der Waals surface area (Å²) in [4.78, 5) is 66.1. The van der Waals surface area contributed by atoms with Crippen LogP contribution in [0.3, 0.4) is 0 Å². The number of aromatic amines is 1. The van der Waals surface area contributed by atoms with Gasteiger partial charge in [0.2, 0.25) is 0 Å². The monoisotopic (exact) mass is 521 g/mol. The number of carbonyl (C=O) groups is 3. The van der Waals surface area contributed by atoms with Crippen molar-refractivity contribution in [2.24, 2.45) is 5.92 Å². The van der Waals surface area contributed by atoms with E-state index in [4.69, 9.17) is 10.5 Å². The first-order valence-electron chi connectivity index (χ1n) is 12.0. The summed E-state index contributed by atoms with van der Waals surface area (Å²) < 4.78 is 6.22. The van der Waals surface area contributed by atoms with Gasteiger partial charge in [0.05, 0.1) is 6.54 Å². The summed E-state index contributed by atoms with van der Waals surface area (Å²) >= 11 is 0. The maximum absolute atomic E-state index is 13.1. The van der Waals surface area contributed by atoms with Gasteiger partial charge in [0.25, 0.3) is 17.4 Å². The minimum atomic E-state index is -0.834. The molecule has 11 nitrogen and oxygen atoms in total. The Balaban J connectivity index is 1.74. The first kappa shape index (κ1) is 27.9. The van der Waals surface area contributed by atoms with Crippen LogP contribution < -0.4 is 27.2 Å². The van der Waals surface area contributed by atoms with Gasteiger partial charge >= 0.3 is 11.7 Å². The average Bonchev–Trinajstić information content (AvgIpc) is 2.88. The number of nitrogens with two attached hydrogens (primary N) is 1. The summed E-state index contributed by atoms with van der Waals surface area (Å²) in [5.41, 5.74) is 6.62. The molecule has 0 saturated carbocycles. The zero-order valence-electron chi connectivity index (χ0n) is 21.5. The molecule has 1 heterocycles. The Hall–Kier alpha value is -4.67. The third-order valence-corrected chi connectivity index (χ3v) is 5.58. The zero-order chi connectivity index (χ0) is 27.8. The minimum absolute atomic E-state index is 0.0780. The number of hydrogen-bond acceptors (Lipinski definition) is 7. The van der Waals surface area contributed by atoms with Crippen LogP contribution in [0.25, 0.3) is 0 Å². The normalized spacial score (nSPS) is 10.7. The Morgan fingerprint density at radius 3 is 2.34 bits per heavy atom. The summed E-state index contributed by atoms with van der Waals surface area (Å²) in [6, 6.07) is 15.8. The van der Waals surface area contributed by atoms with E-state index in [-0.39, 0.29) is 30.5 Å². The van der Waals surface area contributed by atoms with Crippen LogP contribution in [0, 0.1) is 12.8 Å². The Kier molecular flexibility index (Phi) is 9.20. The first-order chi connectivity index (χ1) is 18.1. The van der Waals surface area contributed by atoms with Gasteiger partial charge in [-0.1, -0.05) is 61.9 Å². The van der Waals surface area contributed by atoms with E-state index in [9.17, 15) is 24.0 Å². The molecule has 0 radical (unpaired) electrons. The largest absolute Gasteiger partial charge is 0.454 e. The number of H-pyrrole nitrogens is 1. The van der Waals surface area contributed by atoms with E-state index in [1.165, 1.54) is 4.57 Å². The number of rotatable bonds is 10. The van der Waals surface area contributed by atoms with Crippen LogP contribution in [0.15, 0.2) is 64.2 Å². The van der Waals surface area contributed by atoms with E-state index in [1.54, 1.807) is 48.5 Å². The number of ether oxygens (including phenoxy) is 1. The van der Waals surface area contributed by atoms with Crippen LogP contribution in [0.2, 0.25) is 0 Å². The van der Waals surface area contributed by atoms with Crippen molar-refractivity contribution in [2.45, 2.75) is 27.3 Å². The van der Waals surface area contributed by atoms with E-state index in [1.807, 2.05) is 26.8 Å². The van der Waals surface area contributed by atoms with Crippen molar-refractivity contribution in [3.05, 3.63) is 92.1 Å². The van der Waals surface area contributed by atoms with Crippen molar-refractivity contribution in [1.29, 1.82) is 0 Å². The lowest BCUT2D eigenvalue weighted by molar-refractivity contribution is -0.146. The molecule has 4 N–H and O–H groups in total. The predicted octanol–water partition coefficient (Wildman–Crippen LogP) is 1.44. The summed E-state index contributed by atoms with van der Waals surface area (Å²) in [6.07, 6.45) is 0. The maximum atomic E-state index is 13.1. The summed E-state index contributed by atoms with van der Waals surface area (Å²) in [6.45, 7) is 4.57. The van der Waals surface area contributed by atoms with Crippen LogP contribution in [0.4, 0.5) is 11.5 Å². The van der Waals surface area contributed by atoms with E-state index in [2.05, 4.69) is 10.3 Å². The highest BCUT2D eigenvalue weighted by Crippen LogP contribution is 2.19. The Morgan fingerprint density at radius 2 is 1.71 bits per heavy atom. The molecule has 0 aliphatic rings. The first-order valence-corrected chi connectivity index (χ1v) is 12.0. The van der Waals surface area contributed by atoms with Gasteiger partial charge in [0.15, 0.2) is 12.3 Å². The van der Waals surface area contributed by atoms with Crippen molar-refractivity contribution in [3.63, 3.8) is 0 Å². The maximum Gasteiger partial charge on any atom is 0.330 e. The third kappa shape index (κ3) is 7.19. The molecule has 1 aromatic heterocycles. The lowest BCUT2D eigenvalue weighted by Gasteiger charge is -2.26. The van der Waals surface area contributed by atoms with E-state index in [0.29, 0.717) is 5.56 Å². The molecule has 0 unspecified atom stereocenters. The lowest BCUT2D eigenvalue weighted by Crippen LogP contribution is -2.44. The molecule has 0 fully saturated rings. The zero-order valence-corrected chi connectivity index (χ0v) is 21.5. The molecule has 3 aromatic rings. The van der Waals surface area contributed by atoms with Crippen molar-refractivity contribution < 1.29 is 19.1 Å². The third-order valence-electron chi connectivity index (χ3n) is 5.58. The molecule has 0 bridgehead atoms. The molecule has 2 aromatic carbocycles. The number of esters is 1. The van der Waals surface area contributed by atoms with Gasteiger partial charge in [-0.15, -0.1) is 0 Å². The fraction of sp³-hybridized carbons (Fsp3) is 0.296. The number of nitrogens with zero attached hydrogens (tertiary/aromatic N) is 2. The fourth-order valence-corrected chi connectivity index (χ4v) is 3.67. The molecule has 3 rings (SSSR count). The van der Waals surface area contributed by atoms with Crippen LogP contribution in [0.1, 0.15) is 35.3 Å². The number of aromatic nitrogens is 2. The van der Waals surface area contributed by atoms with Gasteiger partial charge in [-0.05, 0) is 30.5 Å². The number of nitrogen functional groups attached to an aromatic ring is 1. The van der Waals surface area contributed by atoms with Gasteiger partial charge in [0, 0.05) is 12.1 Å². The summed E-state index contributed by atoms with van der Waals surface area (Å²) in [5, 5.41) is 2.44. The smallest absolute Gasteiger partial charge is 0.330 e. The average molecular weight is 522 g/mol. The number of hydrogen-bond donors (Lipinski definition) is 3. The number of carbonyl (C=O) groups excluding carboxylic acids is 3. The molecule has 200 valence electrons. The second-order valence-electron chi connectivity index (χ2n) is 9.17. The van der Waals surface area contributed by atoms with Gasteiger partial charge in [-0.3, -0.25) is 28.7 Å². The van der Waals surface area contributed by atoms with Crippen LogP contribution in [-0.4, -0.2) is 47.0 Å².